The highest BCUT2D eigenvalue weighted by Crippen LogP contribution is 2.27. The van der Waals surface area contributed by atoms with Crippen LogP contribution in [-0.4, -0.2) is 20.4 Å². The summed E-state index contributed by atoms with van der Waals surface area (Å²) in [7, 11) is 0. The SMILES string of the molecule is CCCSc1nc(O)c([C@@H](C)CCC)c(=O)n1CC. The van der Waals surface area contributed by atoms with Gasteiger partial charge in [0, 0.05) is 12.3 Å². The molecule has 19 heavy (non-hydrogen) atoms. The Morgan fingerprint density at radius 1 is 1.32 bits per heavy atom. The summed E-state index contributed by atoms with van der Waals surface area (Å²) in [5, 5.41) is 10.7. The zero-order chi connectivity index (χ0) is 14.4. The molecule has 5 heteroatoms. The van der Waals surface area contributed by atoms with E-state index in [1.54, 1.807) is 4.57 Å². The number of hydrogen-bond acceptors (Lipinski definition) is 4. The molecule has 4 nitrogen and oxygen atoms in total. The molecule has 0 aliphatic carbocycles. The third-order valence-electron chi connectivity index (χ3n) is 3.11. The number of nitrogens with zero attached hydrogens (tertiary/aromatic N) is 2. The highest BCUT2D eigenvalue weighted by atomic mass is 32.2. The normalized spacial score (nSPS) is 12.6. The predicted octanol–water partition coefficient (Wildman–Crippen LogP) is 3.37. The molecule has 1 atom stereocenters. The molecule has 0 saturated carbocycles. The summed E-state index contributed by atoms with van der Waals surface area (Å²) in [6.07, 6.45) is 2.88. The average Bonchev–Trinajstić information content (AvgIpc) is 2.36. The van der Waals surface area contributed by atoms with Crippen LogP contribution in [0.1, 0.15) is 58.4 Å². The van der Waals surface area contributed by atoms with E-state index in [0.29, 0.717) is 17.3 Å². The molecule has 0 bridgehead atoms. The van der Waals surface area contributed by atoms with Crippen LogP contribution in [0.4, 0.5) is 0 Å². The molecule has 0 fully saturated rings. The zero-order valence-electron chi connectivity index (χ0n) is 12.3. The minimum atomic E-state index is -0.0887. The summed E-state index contributed by atoms with van der Waals surface area (Å²) < 4.78 is 1.67. The van der Waals surface area contributed by atoms with Gasteiger partial charge in [0.05, 0.1) is 5.56 Å². The van der Waals surface area contributed by atoms with E-state index >= 15 is 0 Å². The number of thioether (sulfide) groups is 1. The molecule has 0 saturated heterocycles. The Morgan fingerprint density at radius 3 is 2.53 bits per heavy atom. The monoisotopic (exact) mass is 284 g/mol. The van der Waals surface area contributed by atoms with Gasteiger partial charge in [0.15, 0.2) is 5.16 Å². The van der Waals surface area contributed by atoms with Crippen LogP contribution < -0.4 is 5.56 Å². The molecule has 1 rings (SSSR count). The molecule has 1 N–H and O–H groups in total. The van der Waals surface area contributed by atoms with E-state index in [4.69, 9.17) is 0 Å². The van der Waals surface area contributed by atoms with E-state index in [-0.39, 0.29) is 17.4 Å². The van der Waals surface area contributed by atoms with Gasteiger partial charge >= 0.3 is 0 Å². The van der Waals surface area contributed by atoms with Gasteiger partial charge in [-0.05, 0) is 25.7 Å². The molecule has 0 unspecified atom stereocenters. The lowest BCUT2D eigenvalue weighted by Gasteiger charge is -2.16. The first-order valence-electron chi connectivity index (χ1n) is 7.03. The molecule has 1 heterocycles. The first-order valence-corrected chi connectivity index (χ1v) is 8.01. The van der Waals surface area contributed by atoms with Crippen LogP contribution in [0.25, 0.3) is 0 Å². The number of hydrogen-bond donors (Lipinski definition) is 1. The van der Waals surface area contributed by atoms with E-state index in [1.807, 2.05) is 13.8 Å². The fourth-order valence-electron chi connectivity index (χ4n) is 2.13. The fraction of sp³-hybridized carbons (Fsp3) is 0.714. The van der Waals surface area contributed by atoms with Gasteiger partial charge in [0.1, 0.15) is 0 Å². The van der Waals surface area contributed by atoms with Crippen LogP contribution in [0.3, 0.4) is 0 Å². The number of rotatable bonds is 7. The summed E-state index contributed by atoms with van der Waals surface area (Å²) in [5.74, 6) is 0.859. The molecule has 0 aliphatic rings. The molecule has 108 valence electrons. The minimum absolute atomic E-state index is 0.0491. The van der Waals surface area contributed by atoms with E-state index in [0.717, 1.165) is 25.0 Å². The van der Waals surface area contributed by atoms with Gasteiger partial charge in [-0.1, -0.05) is 39.0 Å². The van der Waals surface area contributed by atoms with Crippen molar-refractivity contribution in [2.24, 2.45) is 0 Å². The third-order valence-corrected chi connectivity index (χ3v) is 4.30. The van der Waals surface area contributed by atoms with Gasteiger partial charge < -0.3 is 5.11 Å². The molecule has 0 spiro atoms. The van der Waals surface area contributed by atoms with Gasteiger partial charge in [0.25, 0.3) is 5.56 Å². The van der Waals surface area contributed by atoms with Crippen LogP contribution in [0.15, 0.2) is 9.95 Å². The summed E-state index contributed by atoms with van der Waals surface area (Å²) in [5.41, 5.74) is 0.374. The number of aromatic hydroxyl groups is 1. The Kier molecular flexibility index (Phi) is 6.42. The summed E-state index contributed by atoms with van der Waals surface area (Å²) >= 11 is 1.53. The van der Waals surface area contributed by atoms with Crippen molar-refractivity contribution in [3.05, 3.63) is 15.9 Å². The van der Waals surface area contributed by atoms with Gasteiger partial charge in [-0.2, -0.15) is 4.98 Å². The van der Waals surface area contributed by atoms with Gasteiger partial charge in [-0.15, -0.1) is 0 Å². The molecule has 0 aromatic carbocycles. The second-order valence-electron chi connectivity index (χ2n) is 4.72. The van der Waals surface area contributed by atoms with Gasteiger partial charge in [0.2, 0.25) is 5.88 Å². The van der Waals surface area contributed by atoms with E-state index < -0.39 is 0 Å². The Labute approximate surface area is 119 Å². The lowest BCUT2D eigenvalue weighted by molar-refractivity contribution is 0.415. The van der Waals surface area contributed by atoms with Crippen molar-refractivity contribution in [2.75, 3.05) is 5.75 Å². The largest absolute Gasteiger partial charge is 0.493 e. The van der Waals surface area contributed by atoms with Crippen molar-refractivity contribution in [1.29, 1.82) is 0 Å². The fourth-order valence-corrected chi connectivity index (χ4v) is 3.04. The lowest BCUT2D eigenvalue weighted by atomic mass is 9.98. The smallest absolute Gasteiger partial charge is 0.261 e. The third kappa shape index (κ3) is 3.75. The Hall–Kier alpha value is -0.970. The minimum Gasteiger partial charge on any atom is -0.493 e. The molecular weight excluding hydrogens is 260 g/mol. The summed E-state index contributed by atoms with van der Waals surface area (Å²) in [4.78, 5) is 16.7. The Bertz CT molecular complexity index is 471. The van der Waals surface area contributed by atoms with Gasteiger partial charge in [-0.3, -0.25) is 9.36 Å². The maximum absolute atomic E-state index is 12.5. The average molecular weight is 284 g/mol. The van der Waals surface area contributed by atoms with Crippen LogP contribution in [0, 0.1) is 0 Å². The standard InChI is InChI=1S/C14H24N2O2S/c1-5-8-10(4)11-12(17)15-14(19-9-6-2)16(7-3)13(11)18/h10,17H,5-9H2,1-4H3/t10-/m0/s1. The van der Waals surface area contributed by atoms with Crippen LogP contribution in [0.2, 0.25) is 0 Å². The molecule has 0 amide bonds. The first-order chi connectivity index (χ1) is 9.06. The Balaban J connectivity index is 3.25. The lowest BCUT2D eigenvalue weighted by Crippen LogP contribution is -2.27. The molecule has 1 aromatic rings. The quantitative estimate of drug-likeness (QED) is 0.616. The Morgan fingerprint density at radius 2 is 2.00 bits per heavy atom. The number of aromatic nitrogens is 2. The second kappa shape index (κ2) is 7.58. The van der Waals surface area contributed by atoms with E-state index in [2.05, 4.69) is 18.8 Å². The summed E-state index contributed by atoms with van der Waals surface area (Å²) in [6, 6.07) is 0. The maximum atomic E-state index is 12.5. The molecular formula is C14H24N2O2S. The topological polar surface area (TPSA) is 55.1 Å². The predicted molar refractivity (Wildman–Crippen MR) is 80.2 cm³/mol. The van der Waals surface area contributed by atoms with E-state index in [1.165, 1.54) is 11.8 Å². The second-order valence-corrected chi connectivity index (χ2v) is 5.78. The van der Waals surface area contributed by atoms with Crippen LogP contribution >= 0.6 is 11.8 Å². The van der Waals surface area contributed by atoms with E-state index in [9.17, 15) is 9.90 Å². The van der Waals surface area contributed by atoms with Crippen LogP contribution in [0.5, 0.6) is 5.88 Å². The van der Waals surface area contributed by atoms with Crippen molar-refractivity contribution in [3.63, 3.8) is 0 Å². The van der Waals surface area contributed by atoms with Gasteiger partial charge in [-0.25, -0.2) is 0 Å². The zero-order valence-corrected chi connectivity index (χ0v) is 13.1. The first kappa shape index (κ1) is 16.1. The van der Waals surface area contributed by atoms with Crippen molar-refractivity contribution >= 4 is 11.8 Å². The summed E-state index contributed by atoms with van der Waals surface area (Å²) in [6.45, 7) is 8.65. The van der Waals surface area contributed by atoms with Crippen molar-refractivity contribution in [3.8, 4) is 5.88 Å². The van der Waals surface area contributed by atoms with Crippen LogP contribution in [-0.2, 0) is 6.54 Å². The molecule has 0 aliphatic heterocycles. The maximum Gasteiger partial charge on any atom is 0.261 e. The van der Waals surface area contributed by atoms with Crippen molar-refractivity contribution in [1.82, 2.24) is 9.55 Å². The highest BCUT2D eigenvalue weighted by molar-refractivity contribution is 7.99. The molecule has 1 aromatic heterocycles. The van der Waals surface area contributed by atoms with Crippen molar-refractivity contribution < 1.29 is 5.11 Å². The van der Waals surface area contributed by atoms with Crippen molar-refractivity contribution in [2.45, 2.75) is 64.6 Å². The highest BCUT2D eigenvalue weighted by Gasteiger charge is 2.20. The molecule has 0 radical (unpaired) electrons.